The molecule has 0 radical (unpaired) electrons. The number of hydrogen-bond acceptors (Lipinski definition) is 12. The zero-order valence-corrected chi connectivity index (χ0v) is 37.5. The monoisotopic (exact) mass is 923 g/mol. The molecule has 1 aliphatic heterocycles. The molecule has 1 fully saturated rings. The third-order valence-electron chi connectivity index (χ3n) is 11.2. The number of carbonyl (C=O) groups excluding carboxylic acids is 6. The summed E-state index contributed by atoms with van der Waals surface area (Å²) in [5.74, 6) is -5.90. The Labute approximate surface area is 382 Å². The van der Waals surface area contributed by atoms with Crippen molar-refractivity contribution in [3.8, 4) is 0 Å². The first-order valence-corrected chi connectivity index (χ1v) is 22.2. The van der Waals surface area contributed by atoms with Gasteiger partial charge < -0.3 is 74.6 Å². The Morgan fingerprint density at radius 3 is 2.15 bits per heavy atom. The maximum absolute atomic E-state index is 14.0. The van der Waals surface area contributed by atoms with Crippen molar-refractivity contribution < 1.29 is 43.8 Å². The Kier molecular flexibility index (Phi) is 20.3. The van der Waals surface area contributed by atoms with E-state index in [4.69, 9.17) is 22.9 Å². The number of nitrogens with zero attached hydrogens (tertiary/aromatic N) is 3. The number of carboxylic acids is 1. The highest BCUT2D eigenvalue weighted by Gasteiger charge is 2.40. The first-order chi connectivity index (χ1) is 31.5. The molecule has 23 heteroatoms. The van der Waals surface area contributed by atoms with E-state index >= 15 is 0 Å². The number of guanidine groups is 1. The lowest BCUT2D eigenvalue weighted by molar-refractivity contribution is -0.143. The number of unbranched alkanes of at least 4 members (excludes halogenated alkanes) is 1. The van der Waals surface area contributed by atoms with E-state index in [0.717, 1.165) is 16.5 Å². The van der Waals surface area contributed by atoms with Gasteiger partial charge >= 0.3 is 5.97 Å². The lowest BCUT2D eigenvalue weighted by Crippen LogP contribution is -2.60. The van der Waals surface area contributed by atoms with Crippen LogP contribution in [0.4, 0.5) is 0 Å². The number of aliphatic hydroxyl groups is 1. The molecule has 23 nitrogen and oxygen atoms in total. The Hall–Kier alpha value is -6.59. The van der Waals surface area contributed by atoms with E-state index in [2.05, 4.69) is 46.5 Å². The van der Waals surface area contributed by atoms with Gasteiger partial charge in [0.1, 0.15) is 36.3 Å². The first-order valence-electron chi connectivity index (χ1n) is 22.2. The maximum Gasteiger partial charge on any atom is 0.326 e. The van der Waals surface area contributed by atoms with E-state index in [0.29, 0.717) is 31.5 Å². The molecule has 0 aliphatic carbocycles. The second kappa shape index (κ2) is 25.8. The van der Waals surface area contributed by atoms with Gasteiger partial charge in [-0.05, 0) is 81.9 Å². The Morgan fingerprint density at radius 1 is 0.848 bits per heavy atom. The van der Waals surface area contributed by atoms with Crippen LogP contribution in [0.2, 0.25) is 0 Å². The minimum atomic E-state index is -1.49. The average Bonchev–Trinajstić information content (AvgIpc) is 4.07. The van der Waals surface area contributed by atoms with Gasteiger partial charge in [-0.25, -0.2) is 9.78 Å². The highest BCUT2D eigenvalue weighted by atomic mass is 16.4. The molecule has 6 amide bonds. The number of carboxylic acid groups (broad SMARTS) is 1. The van der Waals surface area contributed by atoms with Crippen molar-refractivity contribution in [2.75, 3.05) is 26.2 Å². The summed E-state index contributed by atoms with van der Waals surface area (Å²) in [5, 5.41) is 34.3. The van der Waals surface area contributed by atoms with Crippen LogP contribution in [0.15, 0.2) is 48.0 Å². The number of likely N-dealkylation sites (tertiary alicyclic amines) is 1. The first kappa shape index (κ1) is 52.0. The van der Waals surface area contributed by atoms with Crippen LogP contribution in [0.1, 0.15) is 76.5 Å². The number of H-pyrrole nitrogens is 2. The number of aromatic amines is 2. The van der Waals surface area contributed by atoms with Crippen molar-refractivity contribution in [2.24, 2.45) is 33.8 Å². The highest BCUT2D eigenvalue weighted by molar-refractivity contribution is 5.97. The Balaban J connectivity index is 1.45. The molecule has 7 atom stereocenters. The van der Waals surface area contributed by atoms with Crippen molar-refractivity contribution in [1.29, 1.82) is 0 Å². The summed E-state index contributed by atoms with van der Waals surface area (Å²) in [7, 11) is 0. The molecule has 362 valence electrons. The van der Waals surface area contributed by atoms with Gasteiger partial charge in [0.15, 0.2) is 5.96 Å². The standard InChI is InChI=1S/C43H66N14O9/c1-24(2)17-32(54-36(59)28(45)18-25-20-50-29-10-4-3-9-27(25)29)39(62)56-34(22-58)41(64)57-16-8-13-35(57)40(63)53-31(12-7-15-49-43(46)47)37(60)52-30(11-5-6-14-44)38(61)55-33(42(65)66)19-26-21-48-23-51-26/h3-4,9-10,20-21,23-24,28,30-35,50,58H,5-8,11-19,22,44-45H2,1-2H3,(H,48,51)(H,52,60)(H,53,63)(H,54,59)(H,55,61)(H,56,62)(H,65,66)(H4,46,47,49)/t28-,30-,31-,32-,33-,34-,35-/m0/s1. The Morgan fingerprint density at radius 2 is 1.50 bits per heavy atom. The number of rotatable bonds is 27. The summed E-state index contributed by atoms with van der Waals surface area (Å²) in [5.41, 5.74) is 25.1. The minimum absolute atomic E-state index is 0.00649. The fourth-order valence-electron chi connectivity index (χ4n) is 7.74. The van der Waals surface area contributed by atoms with Crippen LogP contribution < -0.4 is 49.5 Å². The van der Waals surface area contributed by atoms with Crippen LogP contribution in [0.5, 0.6) is 0 Å². The third kappa shape index (κ3) is 15.5. The second-order valence-electron chi connectivity index (χ2n) is 16.8. The predicted octanol–water partition coefficient (Wildman–Crippen LogP) is -2.28. The van der Waals surface area contributed by atoms with Crippen molar-refractivity contribution in [1.82, 2.24) is 46.4 Å². The van der Waals surface area contributed by atoms with Crippen LogP contribution in [0.3, 0.4) is 0 Å². The van der Waals surface area contributed by atoms with Crippen LogP contribution in [-0.4, -0.2) is 146 Å². The number of aliphatic hydroxyl groups excluding tert-OH is 1. The molecule has 1 aliphatic rings. The molecule has 0 bridgehead atoms. The summed E-state index contributed by atoms with van der Waals surface area (Å²) < 4.78 is 0. The summed E-state index contributed by atoms with van der Waals surface area (Å²) in [6.07, 6.45) is 6.60. The van der Waals surface area contributed by atoms with Gasteiger partial charge in [-0.3, -0.25) is 33.8 Å². The molecule has 2 aromatic heterocycles. The molecule has 66 heavy (non-hydrogen) atoms. The summed E-state index contributed by atoms with van der Waals surface area (Å²) >= 11 is 0. The average molecular weight is 923 g/mol. The predicted molar refractivity (Wildman–Crippen MR) is 244 cm³/mol. The number of amides is 6. The number of imidazole rings is 1. The van der Waals surface area contributed by atoms with Gasteiger partial charge in [-0.15, -0.1) is 0 Å². The third-order valence-corrected chi connectivity index (χ3v) is 11.2. The van der Waals surface area contributed by atoms with Gasteiger partial charge in [0, 0.05) is 48.5 Å². The summed E-state index contributed by atoms with van der Waals surface area (Å²) in [6, 6.07) is -1.02. The SMILES string of the molecule is CC(C)C[C@H](NC(=O)[C@@H](N)Cc1c[nH]c2ccccc12)C(=O)N[C@@H](CO)C(=O)N1CCC[C@H]1C(=O)N[C@@H](CCCN=C(N)N)C(=O)N[C@@H](CCCCN)C(=O)N[C@@H](Cc1cnc[nH]1)C(=O)O. The van der Waals surface area contributed by atoms with Gasteiger partial charge in [0.25, 0.3) is 0 Å². The van der Waals surface area contributed by atoms with E-state index in [1.807, 2.05) is 38.1 Å². The Bertz CT molecular complexity index is 2120. The molecule has 3 aromatic rings. The van der Waals surface area contributed by atoms with Crippen LogP contribution in [0, 0.1) is 5.92 Å². The fraction of sp³-hybridized carbons (Fsp3) is 0.558. The molecule has 0 spiro atoms. The highest BCUT2D eigenvalue weighted by Crippen LogP contribution is 2.21. The van der Waals surface area contributed by atoms with Crippen molar-refractivity contribution in [3.05, 3.63) is 54.2 Å². The number of hydrogen-bond donors (Lipinski definition) is 13. The zero-order valence-electron chi connectivity index (χ0n) is 37.5. The number of fused-ring (bicyclic) bond motifs is 1. The number of aliphatic imine (C=N–C) groups is 1. The number of aliphatic carboxylic acids is 1. The smallest absolute Gasteiger partial charge is 0.326 e. The van der Waals surface area contributed by atoms with Crippen LogP contribution >= 0.6 is 0 Å². The molecular formula is C43H66N14O9. The molecule has 3 heterocycles. The van der Waals surface area contributed by atoms with Crippen LogP contribution in [-0.2, 0) is 46.4 Å². The summed E-state index contributed by atoms with van der Waals surface area (Å²) in [4.78, 5) is 110. The molecular weight excluding hydrogens is 857 g/mol. The number of carbonyl (C=O) groups is 7. The molecule has 1 aromatic carbocycles. The van der Waals surface area contributed by atoms with Crippen molar-refractivity contribution >= 4 is 58.3 Å². The van der Waals surface area contributed by atoms with Crippen molar-refractivity contribution in [2.45, 2.75) is 120 Å². The topological polar surface area (TPSA) is 384 Å². The zero-order chi connectivity index (χ0) is 48.3. The lowest BCUT2D eigenvalue weighted by Gasteiger charge is -2.30. The van der Waals surface area contributed by atoms with E-state index in [-0.39, 0.29) is 69.9 Å². The van der Waals surface area contributed by atoms with Gasteiger partial charge in [0.2, 0.25) is 35.4 Å². The number of para-hydroxylation sites is 1. The normalized spacial score (nSPS) is 16.3. The van der Waals surface area contributed by atoms with Crippen molar-refractivity contribution in [3.63, 3.8) is 0 Å². The minimum Gasteiger partial charge on any atom is -0.480 e. The van der Waals surface area contributed by atoms with E-state index < -0.39 is 90.3 Å². The number of nitrogens with one attached hydrogen (secondary N) is 7. The maximum atomic E-state index is 14.0. The second-order valence-corrected chi connectivity index (χ2v) is 16.8. The van der Waals surface area contributed by atoms with E-state index in [1.165, 1.54) is 17.4 Å². The van der Waals surface area contributed by atoms with E-state index in [9.17, 15) is 43.8 Å². The van der Waals surface area contributed by atoms with Gasteiger partial charge in [-0.1, -0.05) is 32.0 Å². The van der Waals surface area contributed by atoms with Gasteiger partial charge in [0.05, 0.1) is 19.0 Å². The quantitative estimate of drug-likeness (QED) is 0.0218. The number of nitrogens with two attached hydrogens (primary N) is 4. The van der Waals surface area contributed by atoms with Crippen LogP contribution in [0.25, 0.3) is 10.9 Å². The molecule has 0 unspecified atom stereocenters. The molecule has 4 rings (SSSR count). The van der Waals surface area contributed by atoms with Gasteiger partial charge in [-0.2, -0.15) is 0 Å². The fourth-order valence-corrected chi connectivity index (χ4v) is 7.74. The molecule has 1 saturated heterocycles. The molecule has 17 N–H and O–H groups in total. The molecule has 0 saturated carbocycles. The number of aromatic nitrogens is 3. The van der Waals surface area contributed by atoms with E-state index in [1.54, 1.807) is 6.20 Å². The number of benzene rings is 1. The largest absolute Gasteiger partial charge is 0.480 e. The summed E-state index contributed by atoms with van der Waals surface area (Å²) in [6.45, 7) is 3.36. The lowest BCUT2D eigenvalue weighted by atomic mass is 10.0.